The van der Waals surface area contributed by atoms with E-state index in [9.17, 15) is 4.39 Å². The van der Waals surface area contributed by atoms with Crippen LogP contribution in [0.2, 0.25) is 5.02 Å². The van der Waals surface area contributed by atoms with Crippen LogP contribution in [0.25, 0.3) is 28.6 Å². The molecule has 0 N–H and O–H groups in total. The van der Waals surface area contributed by atoms with Crippen molar-refractivity contribution in [1.82, 2.24) is 29.3 Å². The molecule has 128 valence electrons. The van der Waals surface area contributed by atoms with Crippen molar-refractivity contribution >= 4 is 17.2 Å². The number of hydrogen-bond acceptors (Lipinski definition) is 5. The molecule has 0 aromatic carbocycles. The molecule has 9 heteroatoms. The summed E-state index contributed by atoms with van der Waals surface area (Å²) in [4.78, 5) is 9.03. The Morgan fingerprint density at radius 1 is 1.24 bits per heavy atom. The average molecular weight is 361 g/mol. The zero-order chi connectivity index (χ0) is 17.4. The minimum absolute atomic E-state index is 0.191. The summed E-state index contributed by atoms with van der Waals surface area (Å²) in [6.45, 7) is 1.71. The summed E-state index contributed by atoms with van der Waals surface area (Å²) >= 11 is 6.11. The second kappa shape index (κ2) is 6.29. The highest BCUT2D eigenvalue weighted by Crippen LogP contribution is 2.27. The molecule has 7 nitrogen and oxygen atoms in total. The molecule has 0 aliphatic heterocycles. The number of halogens is 2. The molecule has 4 heterocycles. The molecule has 4 aromatic rings. The van der Waals surface area contributed by atoms with Gasteiger partial charge in [0.1, 0.15) is 18.0 Å². The topological polar surface area (TPSA) is 74.0 Å². The van der Waals surface area contributed by atoms with Crippen molar-refractivity contribution in [1.29, 1.82) is 0 Å². The molecule has 0 saturated carbocycles. The van der Waals surface area contributed by atoms with Crippen molar-refractivity contribution in [2.24, 2.45) is 0 Å². The molecule has 4 aromatic heterocycles. The van der Waals surface area contributed by atoms with E-state index in [-0.39, 0.29) is 6.54 Å². The largest absolute Gasteiger partial charge is 0.332 e. The van der Waals surface area contributed by atoms with Crippen molar-refractivity contribution < 1.29 is 8.91 Å². The van der Waals surface area contributed by atoms with Gasteiger partial charge < -0.3 is 4.52 Å². The van der Waals surface area contributed by atoms with E-state index < -0.39 is 6.67 Å². The van der Waals surface area contributed by atoms with Gasteiger partial charge in [-0.05, 0) is 18.6 Å². The maximum atomic E-state index is 12.4. The van der Waals surface area contributed by atoms with E-state index in [4.69, 9.17) is 16.1 Å². The van der Waals surface area contributed by atoms with Crippen LogP contribution < -0.4 is 0 Å². The summed E-state index contributed by atoms with van der Waals surface area (Å²) in [5.41, 5.74) is 2.97. The predicted octanol–water partition coefficient (Wildman–Crippen LogP) is 3.43. The SMILES string of the molecule is CCc1nc2ccc(Cl)cn2c1-c1nc(-c2cnn(CCF)c2)no1. The first-order valence-corrected chi connectivity index (χ1v) is 8.16. The molecule has 0 bridgehead atoms. The first-order chi connectivity index (χ1) is 12.2. The van der Waals surface area contributed by atoms with E-state index in [2.05, 4.69) is 20.2 Å². The molecule has 25 heavy (non-hydrogen) atoms. The van der Waals surface area contributed by atoms with Gasteiger partial charge in [-0.1, -0.05) is 23.7 Å². The van der Waals surface area contributed by atoms with E-state index in [0.717, 1.165) is 17.0 Å². The van der Waals surface area contributed by atoms with Crippen molar-refractivity contribution in [3.63, 3.8) is 0 Å². The van der Waals surface area contributed by atoms with Crippen LogP contribution in [0.4, 0.5) is 4.39 Å². The van der Waals surface area contributed by atoms with Crippen LogP contribution in [-0.4, -0.2) is 36.0 Å². The van der Waals surface area contributed by atoms with Crippen LogP contribution in [0, 0.1) is 0 Å². The fourth-order valence-electron chi connectivity index (χ4n) is 2.67. The number of rotatable bonds is 5. The number of fused-ring (bicyclic) bond motifs is 1. The second-order valence-electron chi connectivity index (χ2n) is 5.44. The first-order valence-electron chi connectivity index (χ1n) is 7.79. The van der Waals surface area contributed by atoms with E-state index in [1.807, 2.05) is 17.4 Å². The van der Waals surface area contributed by atoms with Crippen LogP contribution in [0.1, 0.15) is 12.6 Å². The summed E-state index contributed by atoms with van der Waals surface area (Å²) in [6, 6.07) is 3.62. The van der Waals surface area contributed by atoms with Gasteiger partial charge in [0.15, 0.2) is 0 Å². The van der Waals surface area contributed by atoms with Gasteiger partial charge in [0.05, 0.1) is 29.0 Å². The fraction of sp³-hybridized carbons (Fsp3) is 0.250. The minimum Gasteiger partial charge on any atom is -0.332 e. The maximum Gasteiger partial charge on any atom is 0.277 e. The molecule has 0 spiro atoms. The molecular weight excluding hydrogens is 347 g/mol. The molecule has 0 saturated heterocycles. The van der Waals surface area contributed by atoms with Gasteiger partial charge in [0, 0.05) is 12.4 Å². The molecule has 0 radical (unpaired) electrons. The summed E-state index contributed by atoms with van der Waals surface area (Å²) in [5.74, 6) is 0.735. The molecule has 4 rings (SSSR count). The monoisotopic (exact) mass is 360 g/mol. The third-order valence-electron chi connectivity index (χ3n) is 3.82. The van der Waals surface area contributed by atoms with Gasteiger partial charge in [0.2, 0.25) is 5.82 Å². The van der Waals surface area contributed by atoms with E-state index in [0.29, 0.717) is 28.7 Å². The lowest BCUT2D eigenvalue weighted by Gasteiger charge is -1.99. The number of imidazole rings is 1. The Hall–Kier alpha value is -2.74. The number of aryl methyl sites for hydroxylation is 2. The standard InChI is InChI=1S/C16H14ClFN6O/c1-2-12-14(24-9-11(17)3-4-13(24)20-12)16-21-15(22-25-16)10-7-19-23(8-10)6-5-18/h3-4,7-9H,2,5-6H2,1H3. The lowest BCUT2D eigenvalue weighted by molar-refractivity contribution is 0.427. The normalized spacial score (nSPS) is 11.5. The van der Waals surface area contributed by atoms with Crippen molar-refractivity contribution in [3.05, 3.63) is 41.4 Å². The van der Waals surface area contributed by atoms with Crippen LogP contribution in [-0.2, 0) is 13.0 Å². The number of hydrogen-bond donors (Lipinski definition) is 0. The van der Waals surface area contributed by atoms with Crippen LogP contribution >= 0.6 is 11.6 Å². The Morgan fingerprint density at radius 3 is 2.92 bits per heavy atom. The Labute approximate surface area is 147 Å². The lowest BCUT2D eigenvalue weighted by Crippen LogP contribution is -1.98. The number of nitrogens with zero attached hydrogens (tertiary/aromatic N) is 6. The van der Waals surface area contributed by atoms with Crippen molar-refractivity contribution in [2.75, 3.05) is 6.67 Å². The number of alkyl halides is 1. The molecule has 0 aliphatic carbocycles. The lowest BCUT2D eigenvalue weighted by atomic mass is 10.2. The molecule has 0 unspecified atom stereocenters. The van der Waals surface area contributed by atoms with Gasteiger partial charge in [-0.15, -0.1) is 0 Å². The predicted molar refractivity (Wildman–Crippen MR) is 90.1 cm³/mol. The highest BCUT2D eigenvalue weighted by Gasteiger charge is 2.20. The third-order valence-corrected chi connectivity index (χ3v) is 4.05. The second-order valence-corrected chi connectivity index (χ2v) is 5.88. The van der Waals surface area contributed by atoms with Gasteiger partial charge in [0.25, 0.3) is 5.89 Å². The maximum absolute atomic E-state index is 12.4. The third kappa shape index (κ3) is 2.78. The van der Waals surface area contributed by atoms with Gasteiger partial charge >= 0.3 is 0 Å². The van der Waals surface area contributed by atoms with Crippen molar-refractivity contribution in [2.45, 2.75) is 19.9 Å². The summed E-state index contributed by atoms with van der Waals surface area (Å²) < 4.78 is 21.2. The zero-order valence-electron chi connectivity index (χ0n) is 13.4. The van der Waals surface area contributed by atoms with Crippen molar-refractivity contribution in [3.8, 4) is 23.0 Å². The summed E-state index contributed by atoms with van der Waals surface area (Å²) in [6.07, 6.45) is 5.74. The smallest absolute Gasteiger partial charge is 0.277 e. The Morgan fingerprint density at radius 2 is 2.12 bits per heavy atom. The van der Waals surface area contributed by atoms with Gasteiger partial charge in [-0.2, -0.15) is 10.1 Å². The molecule has 0 atom stereocenters. The Balaban J connectivity index is 1.79. The molecule has 0 aliphatic rings. The minimum atomic E-state index is -0.485. The van der Waals surface area contributed by atoms with E-state index in [1.54, 1.807) is 24.7 Å². The quantitative estimate of drug-likeness (QED) is 0.545. The van der Waals surface area contributed by atoms with E-state index >= 15 is 0 Å². The fourth-order valence-corrected chi connectivity index (χ4v) is 2.83. The van der Waals surface area contributed by atoms with Crippen LogP contribution in [0.3, 0.4) is 0 Å². The number of aromatic nitrogens is 6. The highest BCUT2D eigenvalue weighted by molar-refractivity contribution is 6.30. The molecular formula is C16H14ClFN6O. The average Bonchev–Trinajstić information content (AvgIpc) is 3.31. The Bertz CT molecular complexity index is 1040. The highest BCUT2D eigenvalue weighted by atomic mass is 35.5. The van der Waals surface area contributed by atoms with E-state index in [1.165, 1.54) is 4.68 Å². The van der Waals surface area contributed by atoms with Crippen LogP contribution in [0.5, 0.6) is 0 Å². The van der Waals surface area contributed by atoms with Gasteiger partial charge in [-0.25, -0.2) is 9.37 Å². The Kier molecular flexibility index (Phi) is 3.96. The molecule has 0 fully saturated rings. The number of pyridine rings is 1. The summed E-state index contributed by atoms with van der Waals surface area (Å²) in [7, 11) is 0. The zero-order valence-corrected chi connectivity index (χ0v) is 14.1. The van der Waals surface area contributed by atoms with Crippen LogP contribution in [0.15, 0.2) is 35.2 Å². The summed E-state index contributed by atoms with van der Waals surface area (Å²) in [5, 5.41) is 8.67. The first kappa shape index (κ1) is 15.8. The van der Waals surface area contributed by atoms with Gasteiger partial charge in [-0.3, -0.25) is 9.08 Å². The molecule has 0 amide bonds.